The zero-order valence-corrected chi connectivity index (χ0v) is 12.5. The molecule has 0 spiro atoms. The molecule has 1 N–H and O–H groups in total. The molecule has 20 heavy (non-hydrogen) atoms. The minimum absolute atomic E-state index is 0.668. The van der Waals surface area contributed by atoms with Gasteiger partial charge >= 0.3 is 0 Å². The average molecular weight is 271 g/mol. The number of ether oxygens (including phenoxy) is 1. The number of hydrogen-bond acceptors (Lipinski definition) is 2. The van der Waals surface area contributed by atoms with Crippen molar-refractivity contribution in [1.82, 2.24) is 5.32 Å². The Balaban J connectivity index is 1.44. The van der Waals surface area contributed by atoms with Gasteiger partial charge in [-0.1, -0.05) is 12.1 Å². The van der Waals surface area contributed by atoms with E-state index in [9.17, 15) is 0 Å². The lowest BCUT2D eigenvalue weighted by molar-refractivity contribution is 0.376. The second-order valence-electron chi connectivity index (χ2n) is 7.01. The van der Waals surface area contributed by atoms with Gasteiger partial charge in [-0.05, 0) is 80.0 Å². The highest BCUT2D eigenvalue weighted by Gasteiger charge is 2.66. The molecule has 2 heteroatoms. The minimum atomic E-state index is 0.668. The van der Waals surface area contributed by atoms with Crippen LogP contribution < -0.4 is 10.1 Å². The first-order chi connectivity index (χ1) is 9.81. The lowest BCUT2D eigenvalue weighted by Crippen LogP contribution is -2.32. The van der Waals surface area contributed by atoms with E-state index in [4.69, 9.17) is 4.74 Å². The SMILES string of the molecule is CNC(Cc1ccc(OC)cc1)C1C2C3CCC(C3)C21. The molecule has 4 rings (SSSR count). The van der Waals surface area contributed by atoms with Gasteiger partial charge in [0.05, 0.1) is 7.11 Å². The maximum atomic E-state index is 5.24. The first-order valence-electron chi connectivity index (χ1n) is 8.12. The molecule has 0 radical (unpaired) electrons. The van der Waals surface area contributed by atoms with Gasteiger partial charge in [0.25, 0.3) is 0 Å². The Morgan fingerprint density at radius 3 is 2.35 bits per heavy atom. The molecule has 5 atom stereocenters. The summed E-state index contributed by atoms with van der Waals surface area (Å²) in [6, 6.07) is 9.27. The Labute approximate surface area is 121 Å². The second-order valence-corrected chi connectivity index (χ2v) is 7.01. The third-order valence-electron chi connectivity index (χ3n) is 6.24. The summed E-state index contributed by atoms with van der Waals surface area (Å²) in [5.74, 6) is 6.17. The molecular formula is C18H25NO. The molecule has 0 amide bonds. The van der Waals surface area contributed by atoms with Crippen molar-refractivity contribution in [1.29, 1.82) is 0 Å². The molecule has 1 aromatic carbocycles. The first-order valence-corrected chi connectivity index (χ1v) is 8.12. The van der Waals surface area contributed by atoms with Gasteiger partial charge < -0.3 is 10.1 Å². The Bertz CT molecular complexity index is 467. The van der Waals surface area contributed by atoms with E-state index < -0.39 is 0 Å². The van der Waals surface area contributed by atoms with Crippen LogP contribution >= 0.6 is 0 Å². The summed E-state index contributed by atoms with van der Waals surface area (Å²) in [6.07, 6.45) is 5.74. The summed E-state index contributed by atoms with van der Waals surface area (Å²) >= 11 is 0. The summed E-state index contributed by atoms with van der Waals surface area (Å²) in [4.78, 5) is 0. The standard InChI is InChI=1S/C18H25NO/c1-19-15(9-11-3-7-14(20-2)8-4-11)18-16-12-5-6-13(10-12)17(16)18/h3-4,7-8,12-13,15-19H,5-6,9-10H2,1-2H3. The van der Waals surface area contributed by atoms with Gasteiger partial charge in [-0.15, -0.1) is 0 Å². The van der Waals surface area contributed by atoms with Crippen LogP contribution in [0, 0.1) is 29.6 Å². The van der Waals surface area contributed by atoms with Gasteiger partial charge in [0.15, 0.2) is 0 Å². The van der Waals surface area contributed by atoms with Gasteiger partial charge in [0.2, 0.25) is 0 Å². The molecule has 3 fully saturated rings. The zero-order valence-electron chi connectivity index (χ0n) is 12.5. The summed E-state index contributed by atoms with van der Waals surface area (Å²) in [6.45, 7) is 0. The van der Waals surface area contributed by atoms with E-state index in [0.29, 0.717) is 6.04 Å². The Morgan fingerprint density at radius 2 is 1.80 bits per heavy atom. The smallest absolute Gasteiger partial charge is 0.118 e. The van der Waals surface area contributed by atoms with Crippen molar-refractivity contribution >= 4 is 0 Å². The normalized spacial score (nSPS) is 38.6. The highest BCUT2D eigenvalue weighted by Crippen LogP contribution is 2.70. The number of fused-ring (bicyclic) bond motifs is 5. The topological polar surface area (TPSA) is 21.3 Å². The highest BCUT2D eigenvalue weighted by molar-refractivity contribution is 5.28. The number of benzene rings is 1. The molecular weight excluding hydrogens is 246 g/mol. The van der Waals surface area contributed by atoms with E-state index in [1.807, 2.05) is 0 Å². The second kappa shape index (κ2) is 4.77. The van der Waals surface area contributed by atoms with Crippen molar-refractivity contribution in [3.05, 3.63) is 29.8 Å². The van der Waals surface area contributed by atoms with Gasteiger partial charge in [0.1, 0.15) is 5.75 Å². The number of nitrogens with one attached hydrogen (secondary N) is 1. The zero-order chi connectivity index (χ0) is 13.7. The molecule has 5 unspecified atom stereocenters. The van der Waals surface area contributed by atoms with Crippen LogP contribution in [-0.4, -0.2) is 20.2 Å². The van der Waals surface area contributed by atoms with Crippen LogP contribution in [0.25, 0.3) is 0 Å². The summed E-state index contributed by atoms with van der Waals surface area (Å²) in [5.41, 5.74) is 1.43. The van der Waals surface area contributed by atoms with E-state index in [1.54, 1.807) is 13.5 Å². The number of likely N-dealkylation sites (N-methyl/N-ethyl adjacent to an activating group) is 1. The quantitative estimate of drug-likeness (QED) is 0.888. The lowest BCUT2D eigenvalue weighted by atomic mass is 9.93. The monoisotopic (exact) mass is 271 g/mol. The van der Waals surface area contributed by atoms with Gasteiger partial charge in [-0.2, -0.15) is 0 Å². The highest BCUT2D eigenvalue weighted by atomic mass is 16.5. The molecule has 108 valence electrons. The van der Waals surface area contributed by atoms with E-state index in [2.05, 4.69) is 36.6 Å². The molecule has 0 aromatic heterocycles. The third kappa shape index (κ3) is 1.88. The fourth-order valence-electron chi connectivity index (χ4n) is 5.38. The fraction of sp³-hybridized carbons (Fsp3) is 0.667. The summed E-state index contributed by atoms with van der Waals surface area (Å²) in [7, 11) is 3.87. The molecule has 0 heterocycles. The van der Waals surface area contributed by atoms with Crippen molar-refractivity contribution in [2.45, 2.75) is 31.7 Å². The predicted octanol–water partition coefficient (Wildman–Crippen LogP) is 3.12. The number of rotatable bonds is 5. The lowest BCUT2D eigenvalue weighted by Gasteiger charge is -2.20. The Hall–Kier alpha value is -1.02. The van der Waals surface area contributed by atoms with E-state index >= 15 is 0 Å². The van der Waals surface area contributed by atoms with Gasteiger partial charge in [-0.3, -0.25) is 0 Å². The van der Waals surface area contributed by atoms with Crippen LogP contribution in [-0.2, 0) is 6.42 Å². The van der Waals surface area contributed by atoms with Gasteiger partial charge in [-0.25, -0.2) is 0 Å². The van der Waals surface area contributed by atoms with Crippen molar-refractivity contribution in [2.75, 3.05) is 14.2 Å². The van der Waals surface area contributed by atoms with Crippen LogP contribution in [0.1, 0.15) is 24.8 Å². The van der Waals surface area contributed by atoms with E-state index in [-0.39, 0.29) is 0 Å². The molecule has 1 aromatic rings. The van der Waals surface area contributed by atoms with E-state index in [0.717, 1.165) is 41.8 Å². The minimum Gasteiger partial charge on any atom is -0.497 e. The molecule has 2 bridgehead atoms. The predicted molar refractivity (Wildman–Crippen MR) is 80.8 cm³/mol. The number of hydrogen-bond donors (Lipinski definition) is 1. The largest absolute Gasteiger partial charge is 0.497 e. The number of methoxy groups -OCH3 is 1. The molecule has 2 nitrogen and oxygen atoms in total. The Kier molecular flexibility index (Phi) is 3.03. The average Bonchev–Trinajstić information content (AvgIpc) is 2.91. The summed E-state index contributed by atoms with van der Waals surface area (Å²) in [5, 5.41) is 3.61. The molecule has 3 saturated carbocycles. The molecule has 0 saturated heterocycles. The fourth-order valence-corrected chi connectivity index (χ4v) is 5.38. The van der Waals surface area contributed by atoms with Crippen LogP contribution in [0.3, 0.4) is 0 Å². The third-order valence-corrected chi connectivity index (χ3v) is 6.24. The molecule has 3 aliphatic rings. The Morgan fingerprint density at radius 1 is 1.15 bits per heavy atom. The van der Waals surface area contributed by atoms with Crippen LogP contribution in [0.15, 0.2) is 24.3 Å². The maximum Gasteiger partial charge on any atom is 0.118 e. The molecule has 3 aliphatic carbocycles. The molecule has 0 aliphatic heterocycles. The van der Waals surface area contributed by atoms with E-state index in [1.165, 1.54) is 18.4 Å². The van der Waals surface area contributed by atoms with Crippen molar-refractivity contribution in [2.24, 2.45) is 29.6 Å². The summed E-state index contributed by atoms with van der Waals surface area (Å²) < 4.78 is 5.24. The van der Waals surface area contributed by atoms with Crippen molar-refractivity contribution in [3.8, 4) is 5.75 Å². The van der Waals surface area contributed by atoms with Crippen LogP contribution in [0.2, 0.25) is 0 Å². The van der Waals surface area contributed by atoms with Crippen molar-refractivity contribution in [3.63, 3.8) is 0 Å². The maximum absolute atomic E-state index is 5.24. The first kappa shape index (κ1) is 12.7. The van der Waals surface area contributed by atoms with Crippen LogP contribution in [0.5, 0.6) is 5.75 Å². The van der Waals surface area contributed by atoms with Gasteiger partial charge in [0, 0.05) is 6.04 Å². The van der Waals surface area contributed by atoms with Crippen LogP contribution in [0.4, 0.5) is 0 Å². The van der Waals surface area contributed by atoms with Crippen molar-refractivity contribution < 1.29 is 4.74 Å².